The lowest BCUT2D eigenvalue weighted by molar-refractivity contribution is -0.121. The summed E-state index contributed by atoms with van der Waals surface area (Å²) in [6, 6.07) is 0.540. The number of carbonyl (C=O) groups is 1. The highest BCUT2D eigenvalue weighted by molar-refractivity contribution is 5.81. The van der Waals surface area contributed by atoms with Crippen LogP contribution in [0.5, 0.6) is 0 Å². The molecular formula is C10H19NO. The van der Waals surface area contributed by atoms with E-state index in [1.54, 1.807) is 6.92 Å². The van der Waals surface area contributed by atoms with Crippen LogP contribution in [-0.4, -0.2) is 17.9 Å². The van der Waals surface area contributed by atoms with E-state index in [-0.39, 0.29) is 6.04 Å². The van der Waals surface area contributed by atoms with Gasteiger partial charge in [0, 0.05) is 6.04 Å². The molecule has 0 spiro atoms. The van der Waals surface area contributed by atoms with Gasteiger partial charge in [0.25, 0.3) is 0 Å². The minimum atomic E-state index is 0.124. The van der Waals surface area contributed by atoms with Crippen molar-refractivity contribution in [2.45, 2.75) is 52.1 Å². The van der Waals surface area contributed by atoms with Gasteiger partial charge in [-0.3, -0.25) is 4.79 Å². The number of Topliss-reactive ketones (excluding diaryl/α,β-unsaturated/α-hetero) is 1. The second-order valence-electron chi connectivity index (χ2n) is 4.10. The Bertz CT molecular complexity index is 161. The second-order valence-corrected chi connectivity index (χ2v) is 4.10. The fourth-order valence-electron chi connectivity index (χ4n) is 1.72. The first kappa shape index (κ1) is 9.72. The van der Waals surface area contributed by atoms with Crippen LogP contribution in [0.1, 0.15) is 40.0 Å². The molecule has 0 aliphatic heterocycles. The van der Waals surface area contributed by atoms with Gasteiger partial charge in [0.1, 0.15) is 5.78 Å². The molecule has 2 heteroatoms. The highest BCUT2D eigenvalue weighted by atomic mass is 16.1. The van der Waals surface area contributed by atoms with Crippen molar-refractivity contribution in [3.63, 3.8) is 0 Å². The van der Waals surface area contributed by atoms with Crippen LogP contribution in [-0.2, 0) is 4.79 Å². The Morgan fingerprint density at radius 3 is 2.25 bits per heavy atom. The Kier molecular flexibility index (Phi) is 3.27. The summed E-state index contributed by atoms with van der Waals surface area (Å²) in [5.74, 6) is 0.915. The molecule has 12 heavy (non-hydrogen) atoms. The Morgan fingerprint density at radius 1 is 1.42 bits per heavy atom. The van der Waals surface area contributed by atoms with Gasteiger partial charge in [0.15, 0.2) is 0 Å². The van der Waals surface area contributed by atoms with E-state index in [0.717, 1.165) is 0 Å². The monoisotopic (exact) mass is 169 g/mol. The molecule has 0 aromatic heterocycles. The molecule has 1 saturated carbocycles. The number of ketones is 1. The maximum atomic E-state index is 11.3. The van der Waals surface area contributed by atoms with Crippen LogP contribution in [0.25, 0.3) is 0 Å². The zero-order chi connectivity index (χ0) is 9.14. The molecule has 0 saturated heterocycles. The van der Waals surface area contributed by atoms with Gasteiger partial charge in [-0.05, 0) is 25.7 Å². The summed E-state index contributed by atoms with van der Waals surface area (Å²) in [5.41, 5.74) is 0. The zero-order valence-electron chi connectivity index (χ0n) is 8.26. The van der Waals surface area contributed by atoms with Gasteiger partial charge < -0.3 is 5.32 Å². The summed E-state index contributed by atoms with van der Waals surface area (Å²) in [6.07, 6.45) is 3.75. The molecule has 1 aliphatic rings. The van der Waals surface area contributed by atoms with Crippen LogP contribution < -0.4 is 5.32 Å². The van der Waals surface area contributed by atoms with Gasteiger partial charge in [0.05, 0.1) is 6.04 Å². The van der Waals surface area contributed by atoms with E-state index >= 15 is 0 Å². The average Bonchev–Trinajstić information content (AvgIpc) is 1.80. The number of nitrogens with one attached hydrogen (secondary N) is 1. The highest BCUT2D eigenvalue weighted by Gasteiger charge is 2.30. The first-order valence-corrected chi connectivity index (χ1v) is 4.87. The summed E-state index contributed by atoms with van der Waals surface area (Å²) < 4.78 is 0. The SMILES string of the molecule is CC(=O)[C@@H](NC(C)C)C1CCC1. The van der Waals surface area contributed by atoms with Gasteiger partial charge in [-0.15, -0.1) is 0 Å². The number of hydrogen-bond acceptors (Lipinski definition) is 2. The quantitative estimate of drug-likeness (QED) is 0.694. The summed E-state index contributed by atoms with van der Waals surface area (Å²) in [6.45, 7) is 5.88. The molecule has 1 fully saturated rings. The van der Waals surface area contributed by atoms with Crippen molar-refractivity contribution in [3.05, 3.63) is 0 Å². The molecule has 70 valence electrons. The Labute approximate surface area is 74.7 Å². The lowest BCUT2D eigenvalue weighted by Gasteiger charge is -2.33. The molecule has 1 rings (SSSR count). The van der Waals surface area contributed by atoms with Gasteiger partial charge in [-0.1, -0.05) is 20.3 Å². The largest absolute Gasteiger partial charge is 0.305 e. The third-order valence-electron chi connectivity index (χ3n) is 2.57. The molecule has 1 N–H and O–H groups in total. The first-order valence-electron chi connectivity index (χ1n) is 4.87. The van der Waals surface area contributed by atoms with Gasteiger partial charge in [0.2, 0.25) is 0 Å². The van der Waals surface area contributed by atoms with Crippen molar-refractivity contribution in [1.82, 2.24) is 5.32 Å². The number of rotatable bonds is 4. The summed E-state index contributed by atoms with van der Waals surface area (Å²) in [4.78, 5) is 11.3. The highest BCUT2D eigenvalue weighted by Crippen LogP contribution is 2.30. The molecule has 0 unspecified atom stereocenters. The van der Waals surface area contributed by atoms with E-state index < -0.39 is 0 Å². The van der Waals surface area contributed by atoms with E-state index in [2.05, 4.69) is 19.2 Å². The Morgan fingerprint density at radius 2 is 2.00 bits per heavy atom. The predicted octanol–water partition coefficient (Wildman–Crippen LogP) is 1.74. The van der Waals surface area contributed by atoms with Crippen molar-refractivity contribution in [3.8, 4) is 0 Å². The maximum absolute atomic E-state index is 11.3. The van der Waals surface area contributed by atoms with Gasteiger partial charge >= 0.3 is 0 Å². The van der Waals surface area contributed by atoms with Crippen LogP contribution in [0.15, 0.2) is 0 Å². The number of hydrogen-bond donors (Lipinski definition) is 1. The molecule has 0 heterocycles. The van der Waals surface area contributed by atoms with E-state index in [0.29, 0.717) is 17.7 Å². The lowest BCUT2D eigenvalue weighted by Crippen LogP contribution is -2.47. The van der Waals surface area contributed by atoms with Crippen LogP contribution in [0.2, 0.25) is 0 Å². The Balaban J connectivity index is 2.42. The fourth-order valence-corrected chi connectivity index (χ4v) is 1.72. The lowest BCUT2D eigenvalue weighted by atomic mass is 9.78. The van der Waals surface area contributed by atoms with Crippen LogP contribution in [0, 0.1) is 5.92 Å². The summed E-state index contributed by atoms with van der Waals surface area (Å²) in [7, 11) is 0. The Hall–Kier alpha value is -0.370. The van der Waals surface area contributed by atoms with Crippen LogP contribution in [0.3, 0.4) is 0 Å². The first-order chi connectivity index (χ1) is 5.61. The molecular weight excluding hydrogens is 150 g/mol. The second kappa shape index (κ2) is 4.04. The third kappa shape index (κ3) is 2.31. The van der Waals surface area contributed by atoms with Crippen molar-refractivity contribution in [2.24, 2.45) is 5.92 Å². The van der Waals surface area contributed by atoms with Crippen molar-refractivity contribution < 1.29 is 4.79 Å². The molecule has 0 aromatic rings. The van der Waals surface area contributed by atoms with Crippen molar-refractivity contribution >= 4 is 5.78 Å². The van der Waals surface area contributed by atoms with Crippen molar-refractivity contribution in [2.75, 3.05) is 0 Å². The molecule has 1 aliphatic carbocycles. The smallest absolute Gasteiger partial charge is 0.146 e. The normalized spacial score (nSPS) is 20.7. The number of carbonyl (C=O) groups excluding carboxylic acids is 1. The molecule has 2 nitrogen and oxygen atoms in total. The molecule has 0 bridgehead atoms. The fraction of sp³-hybridized carbons (Fsp3) is 0.900. The zero-order valence-corrected chi connectivity index (χ0v) is 8.26. The van der Waals surface area contributed by atoms with Gasteiger partial charge in [-0.25, -0.2) is 0 Å². The molecule has 0 aromatic carbocycles. The minimum absolute atomic E-state index is 0.124. The molecule has 0 radical (unpaired) electrons. The standard InChI is InChI=1S/C10H19NO/c1-7(2)11-10(8(3)12)9-5-4-6-9/h7,9-11H,4-6H2,1-3H3/t10-/m1/s1. The third-order valence-corrected chi connectivity index (χ3v) is 2.57. The summed E-state index contributed by atoms with van der Waals surface area (Å²) in [5, 5.41) is 3.33. The van der Waals surface area contributed by atoms with E-state index in [9.17, 15) is 4.79 Å². The maximum Gasteiger partial charge on any atom is 0.146 e. The molecule has 1 atom stereocenters. The molecule has 0 amide bonds. The predicted molar refractivity (Wildman–Crippen MR) is 50.1 cm³/mol. The average molecular weight is 169 g/mol. The van der Waals surface area contributed by atoms with E-state index in [4.69, 9.17) is 0 Å². The van der Waals surface area contributed by atoms with E-state index in [1.165, 1.54) is 19.3 Å². The van der Waals surface area contributed by atoms with Crippen molar-refractivity contribution in [1.29, 1.82) is 0 Å². The minimum Gasteiger partial charge on any atom is -0.305 e. The van der Waals surface area contributed by atoms with E-state index in [1.807, 2.05) is 0 Å². The van der Waals surface area contributed by atoms with Gasteiger partial charge in [-0.2, -0.15) is 0 Å². The summed E-state index contributed by atoms with van der Waals surface area (Å²) >= 11 is 0. The van der Waals surface area contributed by atoms with Crippen LogP contribution >= 0.6 is 0 Å². The topological polar surface area (TPSA) is 29.1 Å². The van der Waals surface area contributed by atoms with Crippen LogP contribution in [0.4, 0.5) is 0 Å².